The number of methoxy groups -OCH3 is 2. The maximum Gasteiger partial charge on any atom is 0.268 e. The van der Waals surface area contributed by atoms with Gasteiger partial charge < -0.3 is 26.0 Å². The summed E-state index contributed by atoms with van der Waals surface area (Å²) in [6.45, 7) is 0. The van der Waals surface area contributed by atoms with Crippen molar-refractivity contribution in [3.63, 3.8) is 0 Å². The quantitative estimate of drug-likeness (QED) is 0.413. The molecule has 1 aromatic heterocycles. The van der Waals surface area contributed by atoms with Crippen LogP contribution >= 0.6 is 0 Å². The smallest absolute Gasteiger partial charge is 0.268 e. The van der Waals surface area contributed by atoms with Crippen LogP contribution < -0.4 is 26.6 Å². The first kappa shape index (κ1) is 17.4. The van der Waals surface area contributed by atoms with E-state index < -0.39 is 5.56 Å². The van der Waals surface area contributed by atoms with Crippen molar-refractivity contribution in [1.29, 1.82) is 10.5 Å². The zero-order chi connectivity index (χ0) is 18.6. The lowest BCUT2D eigenvalue weighted by molar-refractivity contribution is 0.402. The van der Waals surface area contributed by atoms with Gasteiger partial charge in [0, 0.05) is 11.1 Å². The number of hydrogen-bond acceptors (Lipinski definition) is 8. The lowest BCUT2D eigenvalue weighted by atomic mass is 9.94. The van der Waals surface area contributed by atoms with E-state index >= 15 is 0 Å². The summed E-state index contributed by atoms with van der Waals surface area (Å²) in [7, 11) is 2.90. The van der Waals surface area contributed by atoms with E-state index in [1.54, 1.807) is 24.3 Å². The maximum atomic E-state index is 12.1. The Bertz CT molecular complexity index is 995. The zero-order valence-electron chi connectivity index (χ0n) is 13.5. The second kappa shape index (κ2) is 7.06. The highest BCUT2D eigenvalue weighted by Crippen LogP contribution is 2.29. The molecule has 25 heavy (non-hydrogen) atoms. The van der Waals surface area contributed by atoms with Crippen LogP contribution in [-0.4, -0.2) is 24.9 Å². The highest BCUT2D eigenvalue weighted by Gasteiger charge is 2.24. The fraction of sp³-hybridized carbons (Fsp3) is 0.125. The Morgan fingerprint density at radius 3 is 2.40 bits per heavy atom. The first-order chi connectivity index (χ1) is 12.0. The number of H-pyrrole nitrogens is 1. The van der Waals surface area contributed by atoms with E-state index in [1.165, 1.54) is 14.2 Å². The van der Waals surface area contributed by atoms with Gasteiger partial charge >= 0.3 is 0 Å². The number of hydrazone groups is 1. The first-order valence-corrected chi connectivity index (χ1v) is 6.88. The van der Waals surface area contributed by atoms with Gasteiger partial charge in [0.1, 0.15) is 46.3 Å². The van der Waals surface area contributed by atoms with Gasteiger partial charge in [-0.2, -0.15) is 15.6 Å². The van der Waals surface area contributed by atoms with Crippen LogP contribution in [0.4, 0.5) is 5.82 Å². The third-order valence-corrected chi connectivity index (χ3v) is 3.50. The molecule has 0 saturated heterocycles. The van der Waals surface area contributed by atoms with Crippen molar-refractivity contribution in [2.24, 2.45) is 10.9 Å². The highest BCUT2D eigenvalue weighted by molar-refractivity contribution is 6.17. The molecule has 0 saturated carbocycles. The Labute approximate surface area is 142 Å². The number of nitriles is 2. The van der Waals surface area contributed by atoms with Crippen LogP contribution in [0.2, 0.25) is 0 Å². The minimum absolute atomic E-state index is 0.00153. The molecule has 0 aliphatic heterocycles. The van der Waals surface area contributed by atoms with Gasteiger partial charge in [-0.15, -0.1) is 0 Å². The third kappa shape index (κ3) is 2.94. The molecule has 0 bridgehead atoms. The van der Waals surface area contributed by atoms with E-state index in [4.69, 9.17) is 21.1 Å². The number of aromatic nitrogens is 1. The largest absolute Gasteiger partial charge is 0.497 e. The van der Waals surface area contributed by atoms with Gasteiger partial charge in [-0.3, -0.25) is 4.79 Å². The standard InChI is InChI=1S/C16H14N6O3/c1-24-8-3-4-12(25-2)9(5-8)14(22-20)13-10(6-17)15(19)21-16(23)11(13)7-18/h3-5H,20H2,1-2H3,(H3,19,21,23). The van der Waals surface area contributed by atoms with Crippen molar-refractivity contribution < 1.29 is 9.47 Å². The number of aromatic amines is 1. The molecule has 0 aliphatic carbocycles. The minimum Gasteiger partial charge on any atom is -0.497 e. The Hall–Kier alpha value is -3.98. The second-order valence-electron chi connectivity index (χ2n) is 4.76. The number of ether oxygens (including phenoxy) is 2. The van der Waals surface area contributed by atoms with Crippen LogP contribution in [0.5, 0.6) is 11.5 Å². The van der Waals surface area contributed by atoms with Gasteiger partial charge in [0.15, 0.2) is 0 Å². The van der Waals surface area contributed by atoms with Crippen LogP contribution in [0.25, 0.3) is 0 Å². The fourth-order valence-corrected chi connectivity index (χ4v) is 2.35. The predicted octanol–water partition coefficient (Wildman–Crippen LogP) is 0.429. The molecule has 0 atom stereocenters. The average Bonchev–Trinajstić information content (AvgIpc) is 2.62. The summed E-state index contributed by atoms with van der Waals surface area (Å²) >= 11 is 0. The van der Waals surface area contributed by atoms with Crippen LogP contribution in [-0.2, 0) is 0 Å². The van der Waals surface area contributed by atoms with Gasteiger partial charge in [0.05, 0.1) is 14.2 Å². The molecular formula is C16H14N6O3. The van der Waals surface area contributed by atoms with Crippen molar-refractivity contribution in [1.82, 2.24) is 4.98 Å². The summed E-state index contributed by atoms with van der Waals surface area (Å²) in [5, 5.41) is 22.5. The molecule has 0 aliphatic rings. The molecule has 0 unspecified atom stereocenters. The van der Waals surface area contributed by atoms with Crippen molar-refractivity contribution in [2.75, 3.05) is 20.0 Å². The van der Waals surface area contributed by atoms with Crippen molar-refractivity contribution >= 4 is 11.5 Å². The van der Waals surface area contributed by atoms with Gasteiger partial charge in [-0.25, -0.2) is 0 Å². The number of nitrogens with zero attached hydrogens (tertiary/aromatic N) is 3. The van der Waals surface area contributed by atoms with Crippen LogP contribution in [0.3, 0.4) is 0 Å². The number of nitrogen functional groups attached to an aromatic ring is 1. The third-order valence-electron chi connectivity index (χ3n) is 3.50. The average molecular weight is 338 g/mol. The first-order valence-electron chi connectivity index (χ1n) is 6.88. The van der Waals surface area contributed by atoms with E-state index in [9.17, 15) is 15.3 Å². The number of rotatable bonds is 4. The van der Waals surface area contributed by atoms with Gasteiger partial charge in [-0.1, -0.05) is 0 Å². The molecule has 1 heterocycles. The molecule has 9 heteroatoms. The van der Waals surface area contributed by atoms with Crippen molar-refractivity contribution in [3.8, 4) is 23.6 Å². The molecular weight excluding hydrogens is 324 g/mol. The van der Waals surface area contributed by atoms with E-state index in [-0.39, 0.29) is 28.2 Å². The van der Waals surface area contributed by atoms with Crippen LogP contribution in [0.1, 0.15) is 22.3 Å². The van der Waals surface area contributed by atoms with Crippen molar-refractivity contribution in [2.45, 2.75) is 0 Å². The molecule has 1 aromatic carbocycles. The minimum atomic E-state index is -0.753. The number of benzene rings is 1. The summed E-state index contributed by atoms with van der Waals surface area (Å²) in [6.07, 6.45) is 0. The van der Waals surface area contributed by atoms with E-state index in [1.807, 2.05) is 6.07 Å². The molecule has 2 aromatic rings. The fourth-order valence-electron chi connectivity index (χ4n) is 2.35. The number of nitrogens with one attached hydrogen (secondary N) is 1. The van der Waals surface area contributed by atoms with Crippen molar-refractivity contribution in [3.05, 3.63) is 50.8 Å². The topological polar surface area (TPSA) is 163 Å². The SMILES string of the molecule is COc1ccc(OC)c(C(=NN)c2c(C#N)c(N)[nH]c(=O)c2C#N)c1. The summed E-state index contributed by atoms with van der Waals surface area (Å²) in [5.74, 6) is 6.15. The van der Waals surface area contributed by atoms with E-state index in [2.05, 4.69) is 10.1 Å². The molecule has 126 valence electrons. The molecule has 0 spiro atoms. The predicted molar refractivity (Wildman–Crippen MR) is 90.3 cm³/mol. The number of anilines is 1. The lowest BCUT2D eigenvalue weighted by Gasteiger charge is -2.14. The Morgan fingerprint density at radius 2 is 1.88 bits per heavy atom. The van der Waals surface area contributed by atoms with E-state index in [0.29, 0.717) is 17.1 Å². The Kier molecular flexibility index (Phi) is 4.91. The second-order valence-corrected chi connectivity index (χ2v) is 4.76. The highest BCUT2D eigenvalue weighted by atomic mass is 16.5. The monoisotopic (exact) mass is 338 g/mol. The number of hydrogen-bond donors (Lipinski definition) is 3. The van der Waals surface area contributed by atoms with Gasteiger partial charge in [0.2, 0.25) is 0 Å². The zero-order valence-corrected chi connectivity index (χ0v) is 13.5. The van der Waals surface area contributed by atoms with Crippen LogP contribution in [0.15, 0.2) is 28.1 Å². The molecule has 0 amide bonds. The van der Waals surface area contributed by atoms with E-state index in [0.717, 1.165) is 0 Å². The summed E-state index contributed by atoms with van der Waals surface area (Å²) in [6, 6.07) is 8.44. The Morgan fingerprint density at radius 1 is 1.20 bits per heavy atom. The van der Waals surface area contributed by atoms with Gasteiger partial charge in [0.25, 0.3) is 5.56 Å². The lowest BCUT2D eigenvalue weighted by Crippen LogP contribution is -2.22. The number of pyridine rings is 1. The summed E-state index contributed by atoms with van der Waals surface area (Å²) in [4.78, 5) is 14.3. The summed E-state index contributed by atoms with van der Waals surface area (Å²) in [5.41, 5.74) is 4.78. The normalized spacial score (nSPS) is 10.6. The Balaban J connectivity index is 2.93. The maximum absolute atomic E-state index is 12.1. The summed E-state index contributed by atoms with van der Waals surface area (Å²) < 4.78 is 10.5. The molecule has 9 nitrogen and oxygen atoms in total. The number of nitrogens with two attached hydrogens (primary N) is 2. The molecule has 0 fully saturated rings. The van der Waals surface area contributed by atoms with Gasteiger partial charge in [-0.05, 0) is 18.2 Å². The molecule has 5 N–H and O–H groups in total. The molecule has 0 radical (unpaired) electrons. The van der Waals surface area contributed by atoms with Crippen LogP contribution in [0, 0.1) is 22.7 Å². The molecule has 2 rings (SSSR count).